The van der Waals surface area contributed by atoms with Crippen LogP contribution >= 0.6 is 15.9 Å². The molecule has 0 amide bonds. The fourth-order valence-corrected chi connectivity index (χ4v) is 1.80. The summed E-state index contributed by atoms with van der Waals surface area (Å²) in [7, 11) is 0. The summed E-state index contributed by atoms with van der Waals surface area (Å²) in [5.74, 6) is -0.850. The van der Waals surface area contributed by atoms with E-state index in [1.807, 2.05) is 6.07 Å². The Labute approximate surface area is 88.1 Å². The van der Waals surface area contributed by atoms with E-state index < -0.39 is 5.97 Å². The molecule has 2 aromatic rings. The van der Waals surface area contributed by atoms with Crippen LogP contribution in [0.5, 0.6) is 0 Å². The number of aromatic nitrogens is 2. The van der Waals surface area contributed by atoms with Crippen LogP contribution < -0.4 is 0 Å². The van der Waals surface area contributed by atoms with E-state index in [4.69, 9.17) is 5.11 Å². The van der Waals surface area contributed by atoms with Crippen molar-refractivity contribution < 1.29 is 9.90 Å². The van der Waals surface area contributed by atoms with Crippen molar-refractivity contribution in [1.82, 2.24) is 9.97 Å². The van der Waals surface area contributed by atoms with Crippen LogP contribution in [0.2, 0.25) is 0 Å². The number of nitrogens with zero attached hydrogens (tertiary/aromatic N) is 1. The van der Waals surface area contributed by atoms with E-state index in [1.165, 1.54) is 0 Å². The maximum atomic E-state index is 10.6. The number of aromatic amines is 1. The van der Waals surface area contributed by atoms with Crippen molar-refractivity contribution in [3.8, 4) is 0 Å². The molecule has 0 saturated carbocycles. The van der Waals surface area contributed by atoms with Crippen LogP contribution in [0.4, 0.5) is 0 Å². The van der Waals surface area contributed by atoms with Gasteiger partial charge in [0.05, 0.1) is 23.8 Å². The highest BCUT2D eigenvalue weighted by molar-refractivity contribution is 9.10. The van der Waals surface area contributed by atoms with Gasteiger partial charge in [0, 0.05) is 4.47 Å². The Morgan fingerprint density at radius 1 is 1.57 bits per heavy atom. The molecule has 0 bridgehead atoms. The number of carboxylic acids is 1. The molecule has 2 rings (SSSR count). The molecule has 0 unspecified atom stereocenters. The normalized spacial score (nSPS) is 10.6. The van der Waals surface area contributed by atoms with Gasteiger partial charge in [0.25, 0.3) is 0 Å². The standard InChI is InChI=1S/C9H7BrN2O2/c10-6-2-1-5(3-7(13)14)8-9(6)12-4-11-8/h1-2,4H,3H2,(H,11,12)(H,13,14). The van der Waals surface area contributed by atoms with Gasteiger partial charge in [-0.2, -0.15) is 0 Å². The number of benzene rings is 1. The lowest BCUT2D eigenvalue weighted by molar-refractivity contribution is -0.136. The average molecular weight is 255 g/mol. The Balaban J connectivity index is 2.60. The van der Waals surface area contributed by atoms with E-state index in [2.05, 4.69) is 25.9 Å². The lowest BCUT2D eigenvalue weighted by atomic mass is 10.1. The minimum atomic E-state index is -0.850. The first-order chi connectivity index (χ1) is 6.68. The lowest BCUT2D eigenvalue weighted by Crippen LogP contribution is -2.00. The summed E-state index contributed by atoms with van der Waals surface area (Å²) < 4.78 is 0.888. The van der Waals surface area contributed by atoms with Crippen LogP contribution in [0.3, 0.4) is 0 Å². The van der Waals surface area contributed by atoms with E-state index in [0.29, 0.717) is 5.52 Å². The Bertz CT molecular complexity index is 493. The molecule has 1 aromatic heterocycles. The van der Waals surface area contributed by atoms with Crippen LogP contribution in [0.1, 0.15) is 5.56 Å². The van der Waals surface area contributed by atoms with Crippen molar-refractivity contribution >= 4 is 32.9 Å². The van der Waals surface area contributed by atoms with Crippen LogP contribution in [-0.2, 0) is 11.2 Å². The van der Waals surface area contributed by atoms with Crippen LogP contribution in [0.25, 0.3) is 11.0 Å². The van der Waals surface area contributed by atoms with Gasteiger partial charge in [0.15, 0.2) is 0 Å². The highest BCUT2D eigenvalue weighted by Gasteiger charge is 2.09. The number of carboxylic acid groups (broad SMARTS) is 1. The second-order valence-corrected chi connectivity index (χ2v) is 3.76. The summed E-state index contributed by atoms with van der Waals surface area (Å²) in [6.07, 6.45) is 1.55. The fraction of sp³-hybridized carbons (Fsp3) is 0.111. The number of halogens is 1. The van der Waals surface area contributed by atoms with Crippen LogP contribution in [0.15, 0.2) is 22.9 Å². The third-order valence-corrected chi connectivity index (χ3v) is 2.62. The molecule has 0 aliphatic carbocycles. The zero-order valence-corrected chi connectivity index (χ0v) is 8.71. The SMILES string of the molecule is O=C(O)Cc1ccc(Br)c2[nH]cnc12. The largest absolute Gasteiger partial charge is 0.481 e. The Morgan fingerprint density at radius 2 is 2.36 bits per heavy atom. The van der Waals surface area contributed by atoms with Gasteiger partial charge in [-0.3, -0.25) is 4.79 Å². The highest BCUT2D eigenvalue weighted by atomic mass is 79.9. The number of aliphatic carboxylic acids is 1. The number of rotatable bonds is 2. The molecule has 0 fully saturated rings. The number of H-pyrrole nitrogens is 1. The lowest BCUT2D eigenvalue weighted by Gasteiger charge is -1.99. The first-order valence-electron chi connectivity index (χ1n) is 4.00. The molecule has 4 nitrogen and oxygen atoms in total. The predicted molar refractivity (Wildman–Crippen MR) is 55.1 cm³/mol. The first kappa shape index (κ1) is 9.21. The summed E-state index contributed by atoms with van der Waals surface area (Å²) in [5.41, 5.74) is 2.27. The summed E-state index contributed by atoms with van der Waals surface area (Å²) in [6.45, 7) is 0. The summed E-state index contributed by atoms with van der Waals surface area (Å²) in [5, 5.41) is 8.68. The molecule has 0 atom stereocenters. The fourth-order valence-electron chi connectivity index (χ4n) is 1.36. The van der Waals surface area contributed by atoms with Gasteiger partial charge in [-0.15, -0.1) is 0 Å². The first-order valence-corrected chi connectivity index (χ1v) is 4.80. The number of nitrogens with one attached hydrogen (secondary N) is 1. The summed E-state index contributed by atoms with van der Waals surface area (Å²) in [6, 6.07) is 3.58. The number of carbonyl (C=O) groups is 1. The summed E-state index contributed by atoms with van der Waals surface area (Å²) in [4.78, 5) is 17.6. The molecule has 2 N–H and O–H groups in total. The van der Waals surface area contributed by atoms with Crippen LogP contribution in [0, 0.1) is 0 Å². The van der Waals surface area contributed by atoms with E-state index in [-0.39, 0.29) is 6.42 Å². The topological polar surface area (TPSA) is 66.0 Å². The zero-order chi connectivity index (χ0) is 10.1. The maximum Gasteiger partial charge on any atom is 0.307 e. The van der Waals surface area contributed by atoms with E-state index >= 15 is 0 Å². The predicted octanol–water partition coefficient (Wildman–Crippen LogP) is 1.95. The van der Waals surface area contributed by atoms with Crippen molar-refractivity contribution in [2.24, 2.45) is 0 Å². The Kier molecular flexibility index (Phi) is 2.25. The molecule has 5 heteroatoms. The quantitative estimate of drug-likeness (QED) is 0.861. The van der Waals surface area contributed by atoms with E-state index in [9.17, 15) is 4.79 Å². The molecule has 1 aromatic carbocycles. The van der Waals surface area contributed by atoms with Gasteiger partial charge in [-0.1, -0.05) is 6.07 Å². The highest BCUT2D eigenvalue weighted by Crippen LogP contribution is 2.24. The minimum absolute atomic E-state index is 0.00532. The van der Waals surface area contributed by atoms with Crippen molar-refractivity contribution in [2.45, 2.75) is 6.42 Å². The number of hydrogen-bond acceptors (Lipinski definition) is 2. The maximum absolute atomic E-state index is 10.6. The van der Waals surface area contributed by atoms with Gasteiger partial charge < -0.3 is 10.1 Å². The number of fused-ring (bicyclic) bond motifs is 1. The number of imidazole rings is 1. The molecule has 1 heterocycles. The van der Waals surface area contributed by atoms with Gasteiger partial charge in [-0.25, -0.2) is 4.98 Å². The van der Waals surface area contributed by atoms with Gasteiger partial charge >= 0.3 is 5.97 Å². The monoisotopic (exact) mass is 254 g/mol. The molecule has 0 radical (unpaired) electrons. The molecule has 0 spiro atoms. The Hall–Kier alpha value is -1.36. The van der Waals surface area contributed by atoms with Crippen molar-refractivity contribution in [3.63, 3.8) is 0 Å². The zero-order valence-electron chi connectivity index (χ0n) is 7.12. The van der Waals surface area contributed by atoms with Crippen molar-refractivity contribution in [1.29, 1.82) is 0 Å². The molecule has 72 valence electrons. The number of hydrogen-bond donors (Lipinski definition) is 2. The van der Waals surface area contributed by atoms with E-state index in [1.54, 1.807) is 12.4 Å². The van der Waals surface area contributed by atoms with Gasteiger partial charge in [-0.05, 0) is 27.6 Å². The molecule has 0 aliphatic heterocycles. The van der Waals surface area contributed by atoms with Crippen molar-refractivity contribution in [3.05, 3.63) is 28.5 Å². The van der Waals surface area contributed by atoms with E-state index in [0.717, 1.165) is 15.6 Å². The average Bonchev–Trinajstić information content (AvgIpc) is 2.58. The molecule has 0 aliphatic rings. The molecule has 0 saturated heterocycles. The third-order valence-electron chi connectivity index (χ3n) is 1.95. The van der Waals surface area contributed by atoms with Crippen molar-refractivity contribution in [2.75, 3.05) is 0 Å². The van der Waals surface area contributed by atoms with Gasteiger partial charge in [0.1, 0.15) is 0 Å². The molecular formula is C9H7BrN2O2. The molecule has 14 heavy (non-hydrogen) atoms. The molecular weight excluding hydrogens is 248 g/mol. The smallest absolute Gasteiger partial charge is 0.307 e. The Morgan fingerprint density at radius 3 is 3.07 bits per heavy atom. The third kappa shape index (κ3) is 1.50. The minimum Gasteiger partial charge on any atom is -0.481 e. The second kappa shape index (κ2) is 3.42. The van der Waals surface area contributed by atoms with Crippen LogP contribution in [-0.4, -0.2) is 21.0 Å². The second-order valence-electron chi connectivity index (χ2n) is 2.90. The van der Waals surface area contributed by atoms with Gasteiger partial charge in [0.2, 0.25) is 0 Å². The summed E-state index contributed by atoms with van der Waals surface area (Å²) >= 11 is 3.36.